The summed E-state index contributed by atoms with van der Waals surface area (Å²) in [5.41, 5.74) is 1.77. The first-order valence-electron chi connectivity index (χ1n) is 12.1. The number of benzene rings is 3. The number of anilines is 1. The van der Waals surface area contributed by atoms with Gasteiger partial charge < -0.3 is 25.2 Å². The minimum Gasteiger partial charge on any atom is -0.494 e. The Hall–Kier alpha value is -4.40. The molecule has 1 atom stereocenters. The highest BCUT2D eigenvalue weighted by Gasteiger charge is 2.37. The summed E-state index contributed by atoms with van der Waals surface area (Å²) in [7, 11) is 0. The second-order valence-corrected chi connectivity index (χ2v) is 8.56. The van der Waals surface area contributed by atoms with E-state index in [1.807, 2.05) is 37.3 Å². The Morgan fingerprint density at radius 1 is 0.946 bits per heavy atom. The van der Waals surface area contributed by atoms with Crippen LogP contribution in [0.4, 0.5) is 14.9 Å². The summed E-state index contributed by atoms with van der Waals surface area (Å²) in [6.07, 6.45) is 0. The molecule has 192 valence electrons. The lowest BCUT2D eigenvalue weighted by Crippen LogP contribution is -2.62. The van der Waals surface area contributed by atoms with Crippen LogP contribution in [0.15, 0.2) is 78.9 Å². The Balaban J connectivity index is 1.48. The fourth-order valence-corrected chi connectivity index (χ4v) is 4.10. The Kier molecular flexibility index (Phi) is 8.35. The fourth-order valence-electron chi connectivity index (χ4n) is 4.10. The minimum absolute atomic E-state index is 0.0103. The number of nitrogens with one attached hydrogen (secondary N) is 2. The molecule has 0 bridgehead atoms. The third-order valence-electron chi connectivity index (χ3n) is 6.05. The van der Waals surface area contributed by atoms with Gasteiger partial charge in [0.1, 0.15) is 17.6 Å². The van der Waals surface area contributed by atoms with E-state index in [9.17, 15) is 18.8 Å². The maximum absolute atomic E-state index is 13.4. The molecule has 0 aromatic heterocycles. The lowest BCUT2D eigenvalue weighted by atomic mass is 10.1. The number of nitrogens with zero attached hydrogens (tertiary/aromatic N) is 2. The predicted octanol–water partition coefficient (Wildman–Crippen LogP) is 3.90. The summed E-state index contributed by atoms with van der Waals surface area (Å²) >= 11 is 0. The summed E-state index contributed by atoms with van der Waals surface area (Å²) < 4.78 is 18.8. The van der Waals surface area contributed by atoms with Crippen molar-refractivity contribution in [3.63, 3.8) is 0 Å². The summed E-state index contributed by atoms with van der Waals surface area (Å²) in [6, 6.07) is 20.3. The van der Waals surface area contributed by atoms with Crippen molar-refractivity contribution in [3.8, 4) is 5.75 Å². The van der Waals surface area contributed by atoms with Gasteiger partial charge >= 0.3 is 6.03 Å². The molecule has 4 amide bonds. The van der Waals surface area contributed by atoms with Crippen molar-refractivity contribution in [2.45, 2.75) is 19.5 Å². The smallest absolute Gasteiger partial charge is 0.321 e. The zero-order chi connectivity index (χ0) is 26.2. The molecule has 0 spiro atoms. The van der Waals surface area contributed by atoms with E-state index < -0.39 is 17.8 Å². The number of hydrogen-bond acceptors (Lipinski definition) is 4. The van der Waals surface area contributed by atoms with Crippen LogP contribution in [-0.4, -0.2) is 59.9 Å². The molecule has 0 saturated carbocycles. The maximum Gasteiger partial charge on any atom is 0.321 e. The van der Waals surface area contributed by atoms with Gasteiger partial charge in [-0.2, -0.15) is 0 Å². The Morgan fingerprint density at radius 2 is 1.65 bits per heavy atom. The van der Waals surface area contributed by atoms with Crippen molar-refractivity contribution >= 4 is 23.5 Å². The molecule has 1 aliphatic rings. The standard InChI is InChI=1S/C28H29FN4O4/c1-2-37-24-14-12-23(13-15-24)31-28(36)32-16-17-33(27(35)21-8-10-22(29)11-9-21)25(19-32)26(34)30-18-20-6-4-3-5-7-20/h3-15,25H,2,16-19H2,1H3,(H,30,34)(H,31,36). The molecule has 1 aliphatic heterocycles. The largest absolute Gasteiger partial charge is 0.494 e. The van der Waals surface area contributed by atoms with Crippen LogP contribution in [0.25, 0.3) is 0 Å². The van der Waals surface area contributed by atoms with Crippen LogP contribution < -0.4 is 15.4 Å². The van der Waals surface area contributed by atoms with Crippen molar-refractivity contribution in [2.75, 3.05) is 31.6 Å². The third kappa shape index (κ3) is 6.63. The second kappa shape index (κ2) is 12.0. The first-order valence-corrected chi connectivity index (χ1v) is 12.1. The van der Waals surface area contributed by atoms with Crippen LogP contribution in [0, 0.1) is 5.82 Å². The van der Waals surface area contributed by atoms with Crippen molar-refractivity contribution in [1.29, 1.82) is 0 Å². The number of ether oxygens (including phenoxy) is 1. The van der Waals surface area contributed by atoms with Gasteiger partial charge in [-0.15, -0.1) is 0 Å². The molecule has 0 radical (unpaired) electrons. The zero-order valence-corrected chi connectivity index (χ0v) is 20.5. The van der Waals surface area contributed by atoms with Gasteiger partial charge in [-0.25, -0.2) is 9.18 Å². The Labute approximate surface area is 215 Å². The molecule has 1 unspecified atom stereocenters. The van der Waals surface area contributed by atoms with Gasteiger partial charge in [0, 0.05) is 30.9 Å². The van der Waals surface area contributed by atoms with E-state index in [1.165, 1.54) is 34.1 Å². The normalized spacial score (nSPS) is 15.1. The molecular weight excluding hydrogens is 475 g/mol. The first-order chi connectivity index (χ1) is 17.9. The van der Waals surface area contributed by atoms with Gasteiger partial charge in [0.15, 0.2) is 0 Å². The quantitative estimate of drug-likeness (QED) is 0.511. The van der Waals surface area contributed by atoms with Crippen molar-refractivity contribution in [1.82, 2.24) is 15.1 Å². The lowest BCUT2D eigenvalue weighted by molar-refractivity contribution is -0.127. The van der Waals surface area contributed by atoms with Crippen LogP contribution in [0.2, 0.25) is 0 Å². The SMILES string of the molecule is CCOc1ccc(NC(=O)N2CCN(C(=O)c3ccc(F)cc3)C(C(=O)NCc3ccccc3)C2)cc1. The van der Waals surface area contributed by atoms with Gasteiger partial charge in [-0.3, -0.25) is 9.59 Å². The molecule has 9 heteroatoms. The molecule has 3 aromatic carbocycles. The van der Waals surface area contributed by atoms with E-state index >= 15 is 0 Å². The maximum atomic E-state index is 13.4. The van der Waals surface area contributed by atoms with E-state index in [1.54, 1.807) is 24.3 Å². The fraction of sp³-hybridized carbons (Fsp3) is 0.250. The molecule has 0 aliphatic carbocycles. The monoisotopic (exact) mass is 504 g/mol. The van der Waals surface area contributed by atoms with Gasteiger partial charge in [-0.05, 0) is 61.0 Å². The molecule has 1 saturated heterocycles. The Bertz CT molecular complexity index is 1220. The minimum atomic E-state index is -0.916. The average molecular weight is 505 g/mol. The second-order valence-electron chi connectivity index (χ2n) is 8.56. The number of amides is 4. The summed E-state index contributed by atoms with van der Waals surface area (Å²) in [4.78, 5) is 42.5. The summed E-state index contributed by atoms with van der Waals surface area (Å²) in [5.74, 6) is -0.530. The number of urea groups is 1. The van der Waals surface area contributed by atoms with Crippen LogP contribution >= 0.6 is 0 Å². The molecular formula is C28H29FN4O4. The highest BCUT2D eigenvalue weighted by molar-refractivity contribution is 5.98. The zero-order valence-electron chi connectivity index (χ0n) is 20.5. The molecule has 37 heavy (non-hydrogen) atoms. The van der Waals surface area contributed by atoms with Crippen LogP contribution in [0.3, 0.4) is 0 Å². The van der Waals surface area contributed by atoms with Crippen LogP contribution in [-0.2, 0) is 11.3 Å². The number of carbonyl (C=O) groups is 3. The molecule has 1 fully saturated rings. The highest BCUT2D eigenvalue weighted by atomic mass is 19.1. The molecule has 2 N–H and O–H groups in total. The number of rotatable bonds is 7. The van der Waals surface area contributed by atoms with Crippen molar-refractivity contribution in [2.24, 2.45) is 0 Å². The van der Waals surface area contributed by atoms with Crippen LogP contribution in [0.1, 0.15) is 22.8 Å². The average Bonchev–Trinajstić information content (AvgIpc) is 2.93. The first kappa shape index (κ1) is 25.7. The number of carbonyl (C=O) groups excluding carboxylic acids is 3. The molecule has 4 rings (SSSR count). The van der Waals surface area contributed by atoms with E-state index in [2.05, 4.69) is 10.6 Å². The number of hydrogen-bond donors (Lipinski definition) is 2. The molecule has 8 nitrogen and oxygen atoms in total. The van der Waals surface area contributed by atoms with E-state index in [0.29, 0.717) is 18.0 Å². The third-order valence-corrected chi connectivity index (χ3v) is 6.05. The van der Waals surface area contributed by atoms with Gasteiger partial charge in [0.25, 0.3) is 5.91 Å². The van der Waals surface area contributed by atoms with Gasteiger partial charge in [0.2, 0.25) is 5.91 Å². The number of piperazine rings is 1. The van der Waals surface area contributed by atoms with E-state index in [0.717, 1.165) is 5.56 Å². The summed E-state index contributed by atoms with van der Waals surface area (Å²) in [6.45, 7) is 3.11. The number of halogens is 1. The van der Waals surface area contributed by atoms with E-state index in [-0.39, 0.29) is 43.7 Å². The van der Waals surface area contributed by atoms with Crippen molar-refractivity contribution in [3.05, 3.63) is 95.8 Å². The topological polar surface area (TPSA) is 91.0 Å². The molecule has 1 heterocycles. The lowest BCUT2D eigenvalue weighted by Gasteiger charge is -2.40. The molecule has 3 aromatic rings. The predicted molar refractivity (Wildman–Crippen MR) is 138 cm³/mol. The van der Waals surface area contributed by atoms with Crippen molar-refractivity contribution < 1.29 is 23.5 Å². The highest BCUT2D eigenvalue weighted by Crippen LogP contribution is 2.19. The van der Waals surface area contributed by atoms with Gasteiger partial charge in [-0.1, -0.05) is 30.3 Å². The Morgan fingerprint density at radius 3 is 2.32 bits per heavy atom. The van der Waals surface area contributed by atoms with Crippen LogP contribution in [0.5, 0.6) is 5.75 Å². The van der Waals surface area contributed by atoms with Gasteiger partial charge in [0.05, 0.1) is 13.2 Å². The summed E-state index contributed by atoms with van der Waals surface area (Å²) in [5, 5.41) is 5.71. The van der Waals surface area contributed by atoms with E-state index in [4.69, 9.17) is 4.74 Å².